The molecule has 2 heterocycles. The lowest BCUT2D eigenvalue weighted by molar-refractivity contribution is 0.0697. The number of rotatable bonds is 4. The summed E-state index contributed by atoms with van der Waals surface area (Å²) in [5, 5.41) is 18.3. The quantitative estimate of drug-likeness (QED) is 0.441. The Labute approximate surface area is 164 Å². The molecular weight excluding hydrogens is 378 g/mol. The summed E-state index contributed by atoms with van der Waals surface area (Å²) in [5.41, 5.74) is 5.54. The van der Waals surface area contributed by atoms with Crippen molar-refractivity contribution in [1.29, 1.82) is 0 Å². The first-order chi connectivity index (χ1) is 14.0. The van der Waals surface area contributed by atoms with E-state index in [1.807, 2.05) is 0 Å². The summed E-state index contributed by atoms with van der Waals surface area (Å²) >= 11 is 0. The Morgan fingerprint density at radius 3 is 2.31 bits per heavy atom. The summed E-state index contributed by atoms with van der Waals surface area (Å²) in [5.74, 6) is -0.355. The molecule has 29 heavy (non-hydrogen) atoms. The molecule has 2 aromatic carbocycles. The lowest BCUT2D eigenvalue weighted by Crippen LogP contribution is -2.06. The number of carboxylic acids is 1. The van der Waals surface area contributed by atoms with Crippen LogP contribution >= 0.6 is 0 Å². The third-order valence-electron chi connectivity index (χ3n) is 3.83. The van der Waals surface area contributed by atoms with Crippen molar-refractivity contribution in [1.82, 2.24) is 9.97 Å². The number of aromatic carboxylic acids is 1. The lowest BCUT2D eigenvalue weighted by atomic mass is 10.1. The van der Waals surface area contributed by atoms with Crippen molar-refractivity contribution in [3.63, 3.8) is 0 Å². The zero-order chi connectivity index (χ0) is 20.8. The van der Waals surface area contributed by atoms with Gasteiger partial charge in [0.2, 0.25) is 11.4 Å². The standard InChI is InChI=1S/C16H12O6.C4H5N3/c17-5-6-21-10-2-4-14-12(8-10)15(18)11-7-9(16(19)20)1-3-13(11)22-14;5-4-6-2-1-3-7-4/h1-4,7-8,17H,5-6H2,(H,19,20);1-3H,(H2,5,6,7). The summed E-state index contributed by atoms with van der Waals surface area (Å²) < 4.78 is 10.9. The largest absolute Gasteiger partial charge is 0.491 e. The van der Waals surface area contributed by atoms with E-state index in [9.17, 15) is 9.59 Å². The van der Waals surface area contributed by atoms with E-state index in [2.05, 4.69) is 9.97 Å². The molecule has 0 aliphatic rings. The molecule has 2 aromatic heterocycles. The molecule has 4 N–H and O–H groups in total. The number of nitrogens with two attached hydrogens (primary N) is 1. The molecule has 0 saturated heterocycles. The number of nitrogens with zero attached hydrogens (tertiary/aromatic N) is 2. The van der Waals surface area contributed by atoms with Crippen molar-refractivity contribution in [2.45, 2.75) is 0 Å². The third kappa shape index (κ3) is 4.66. The molecular formula is C20H17N3O6. The Balaban J connectivity index is 0.000000290. The number of nitrogen functional groups attached to an aromatic ring is 1. The average Bonchev–Trinajstić information content (AvgIpc) is 2.73. The number of benzene rings is 2. The molecule has 0 bridgehead atoms. The van der Waals surface area contributed by atoms with Gasteiger partial charge in [-0.1, -0.05) is 0 Å². The van der Waals surface area contributed by atoms with Gasteiger partial charge in [-0.05, 0) is 42.5 Å². The van der Waals surface area contributed by atoms with E-state index in [1.54, 1.807) is 30.6 Å². The molecule has 9 nitrogen and oxygen atoms in total. The maximum Gasteiger partial charge on any atom is 0.335 e. The van der Waals surface area contributed by atoms with Crippen LogP contribution in [0.1, 0.15) is 10.4 Å². The second-order valence-corrected chi connectivity index (χ2v) is 5.78. The first-order valence-electron chi connectivity index (χ1n) is 8.49. The predicted molar refractivity (Wildman–Crippen MR) is 106 cm³/mol. The van der Waals surface area contributed by atoms with E-state index in [4.69, 9.17) is 25.1 Å². The summed E-state index contributed by atoms with van der Waals surface area (Å²) in [6.45, 7) is -0.0140. The molecule has 4 aromatic rings. The molecule has 4 rings (SSSR count). The second-order valence-electron chi connectivity index (χ2n) is 5.78. The Morgan fingerprint density at radius 2 is 1.72 bits per heavy atom. The van der Waals surface area contributed by atoms with Crippen LogP contribution < -0.4 is 15.9 Å². The molecule has 0 atom stereocenters. The molecule has 0 spiro atoms. The normalized spacial score (nSPS) is 10.4. The Hall–Kier alpha value is -3.98. The maximum atomic E-state index is 12.5. The number of anilines is 1. The van der Waals surface area contributed by atoms with Gasteiger partial charge in [0, 0.05) is 12.4 Å². The van der Waals surface area contributed by atoms with Gasteiger partial charge < -0.3 is 25.1 Å². The minimum Gasteiger partial charge on any atom is -0.491 e. The zero-order valence-corrected chi connectivity index (χ0v) is 15.1. The monoisotopic (exact) mass is 395 g/mol. The highest BCUT2D eigenvalue weighted by Crippen LogP contribution is 2.23. The van der Waals surface area contributed by atoms with Gasteiger partial charge in [-0.3, -0.25) is 4.79 Å². The smallest absolute Gasteiger partial charge is 0.335 e. The van der Waals surface area contributed by atoms with Gasteiger partial charge >= 0.3 is 5.97 Å². The molecule has 0 amide bonds. The van der Waals surface area contributed by atoms with Gasteiger partial charge in [-0.15, -0.1) is 0 Å². The van der Waals surface area contributed by atoms with Crippen molar-refractivity contribution in [3.05, 3.63) is 70.6 Å². The number of hydrogen-bond acceptors (Lipinski definition) is 8. The van der Waals surface area contributed by atoms with Gasteiger partial charge in [-0.2, -0.15) is 0 Å². The van der Waals surface area contributed by atoms with Gasteiger partial charge in [0.05, 0.1) is 22.9 Å². The van der Waals surface area contributed by atoms with Crippen LogP contribution in [0.2, 0.25) is 0 Å². The number of hydrogen-bond donors (Lipinski definition) is 3. The van der Waals surface area contributed by atoms with Gasteiger partial charge in [0.15, 0.2) is 0 Å². The van der Waals surface area contributed by atoms with Crippen LogP contribution in [0.25, 0.3) is 21.9 Å². The number of carbonyl (C=O) groups is 1. The molecule has 9 heteroatoms. The number of aliphatic hydroxyl groups is 1. The number of carboxylic acid groups (broad SMARTS) is 1. The van der Waals surface area contributed by atoms with Crippen LogP contribution in [0.5, 0.6) is 5.75 Å². The number of ether oxygens (including phenoxy) is 1. The van der Waals surface area contributed by atoms with Gasteiger partial charge in [-0.25, -0.2) is 14.8 Å². The summed E-state index contributed by atoms with van der Waals surface area (Å²) in [4.78, 5) is 30.8. The highest BCUT2D eigenvalue weighted by Gasteiger charge is 2.11. The van der Waals surface area contributed by atoms with Crippen LogP contribution in [0.4, 0.5) is 5.95 Å². The first-order valence-corrected chi connectivity index (χ1v) is 8.49. The van der Waals surface area contributed by atoms with Crippen molar-refractivity contribution in [2.75, 3.05) is 18.9 Å². The third-order valence-corrected chi connectivity index (χ3v) is 3.83. The fraction of sp³-hybridized carbons (Fsp3) is 0.100. The number of fused-ring (bicyclic) bond motifs is 2. The molecule has 0 unspecified atom stereocenters. The fourth-order valence-corrected chi connectivity index (χ4v) is 2.53. The average molecular weight is 395 g/mol. The second kappa shape index (κ2) is 8.81. The predicted octanol–water partition coefficient (Wildman–Crippen LogP) is 2.07. The van der Waals surface area contributed by atoms with E-state index < -0.39 is 5.97 Å². The van der Waals surface area contributed by atoms with E-state index in [0.29, 0.717) is 28.3 Å². The maximum absolute atomic E-state index is 12.5. The van der Waals surface area contributed by atoms with Gasteiger partial charge in [0.1, 0.15) is 23.5 Å². The number of aliphatic hydroxyl groups excluding tert-OH is 1. The zero-order valence-electron chi connectivity index (χ0n) is 15.1. The molecule has 148 valence electrons. The van der Waals surface area contributed by atoms with Crippen LogP contribution in [-0.4, -0.2) is 39.4 Å². The van der Waals surface area contributed by atoms with Crippen molar-refractivity contribution in [3.8, 4) is 5.75 Å². The van der Waals surface area contributed by atoms with E-state index >= 15 is 0 Å². The minimum absolute atomic E-state index is 0.0202. The van der Waals surface area contributed by atoms with E-state index in [-0.39, 0.29) is 29.6 Å². The SMILES string of the molecule is Nc1ncccn1.O=C(O)c1ccc2oc3ccc(OCCO)cc3c(=O)c2c1. The van der Waals surface area contributed by atoms with Crippen LogP contribution in [0.15, 0.2) is 64.1 Å². The summed E-state index contributed by atoms with van der Waals surface area (Å²) in [6, 6.07) is 10.6. The van der Waals surface area contributed by atoms with Gasteiger partial charge in [0.25, 0.3) is 0 Å². The van der Waals surface area contributed by atoms with Crippen LogP contribution in [0.3, 0.4) is 0 Å². The Kier molecular flexibility index (Phi) is 6.00. The van der Waals surface area contributed by atoms with Crippen LogP contribution in [0, 0.1) is 0 Å². The summed E-state index contributed by atoms with van der Waals surface area (Å²) in [7, 11) is 0. The van der Waals surface area contributed by atoms with E-state index in [0.717, 1.165) is 0 Å². The molecule has 0 aliphatic heterocycles. The van der Waals surface area contributed by atoms with Crippen LogP contribution in [-0.2, 0) is 0 Å². The highest BCUT2D eigenvalue weighted by molar-refractivity contribution is 5.96. The lowest BCUT2D eigenvalue weighted by Gasteiger charge is -2.06. The van der Waals surface area contributed by atoms with Crippen molar-refractivity contribution >= 4 is 33.9 Å². The molecule has 0 fully saturated rings. The van der Waals surface area contributed by atoms with E-state index in [1.165, 1.54) is 24.3 Å². The van der Waals surface area contributed by atoms with Crippen molar-refractivity contribution in [2.24, 2.45) is 0 Å². The molecule has 0 radical (unpaired) electrons. The topological polar surface area (TPSA) is 149 Å². The molecule has 0 saturated carbocycles. The molecule has 0 aliphatic carbocycles. The minimum atomic E-state index is -1.11. The Morgan fingerprint density at radius 1 is 1.07 bits per heavy atom. The highest BCUT2D eigenvalue weighted by atomic mass is 16.5. The first kappa shape index (κ1) is 19.8. The van der Waals surface area contributed by atoms with Crippen molar-refractivity contribution < 1.29 is 24.2 Å². The summed E-state index contributed by atoms with van der Waals surface area (Å²) in [6.07, 6.45) is 3.20. The number of aromatic nitrogens is 2. The fourth-order valence-electron chi connectivity index (χ4n) is 2.53. The Bertz CT molecular complexity index is 1210.